The van der Waals surface area contributed by atoms with Crippen LogP contribution in [-0.2, 0) is 22.4 Å². The number of aromatic nitrogens is 1. The van der Waals surface area contributed by atoms with Crippen LogP contribution in [0, 0.1) is 5.21 Å². The Morgan fingerprint density at radius 1 is 1.12 bits per heavy atom. The molecule has 168 valence electrons. The number of aromatic hydroxyl groups is 1. The van der Waals surface area contributed by atoms with Gasteiger partial charge in [-0.05, 0) is 29.3 Å². The normalized spacial score (nSPS) is 21.5. The molecule has 4 N–H and O–H groups in total. The fourth-order valence-corrected chi connectivity index (χ4v) is 4.25. The van der Waals surface area contributed by atoms with Crippen LogP contribution in [0.1, 0.15) is 11.1 Å². The van der Waals surface area contributed by atoms with Crippen LogP contribution in [0.5, 0.6) is 5.75 Å². The number of hydrogen-bond acceptors (Lipinski definition) is 7. The van der Waals surface area contributed by atoms with Crippen LogP contribution in [-0.4, -0.2) is 67.9 Å². The third kappa shape index (κ3) is 3.34. The van der Waals surface area contributed by atoms with Crippen molar-refractivity contribution >= 4 is 28.4 Å². The number of phenols is 1. The molecule has 1 aromatic heterocycles. The minimum Gasteiger partial charge on any atom is -0.733 e. The molecular formula is C22H23N4O6-. The number of piperazine rings is 1. The Kier molecular flexibility index (Phi) is 5.29. The molecule has 0 radical (unpaired) electrons. The van der Waals surface area contributed by atoms with Crippen LogP contribution < -0.4 is 5.23 Å². The number of carbonyl (C=O) groups is 2. The summed E-state index contributed by atoms with van der Waals surface area (Å²) in [7, 11) is 2.77. The molecule has 2 aromatic carbocycles. The van der Waals surface area contributed by atoms with E-state index < -0.39 is 23.6 Å². The van der Waals surface area contributed by atoms with Gasteiger partial charge in [0.1, 0.15) is 11.8 Å². The van der Waals surface area contributed by atoms with Gasteiger partial charge < -0.3 is 35.4 Å². The molecule has 0 saturated carbocycles. The fraction of sp³-hybridized carbons (Fsp3) is 0.273. The average molecular weight is 439 g/mol. The molecule has 0 bridgehead atoms. The number of aromatic amines is 1. The van der Waals surface area contributed by atoms with Crippen molar-refractivity contribution in [1.82, 2.24) is 14.8 Å². The lowest BCUT2D eigenvalue weighted by Crippen LogP contribution is -2.70. The number of amides is 2. The second-order valence-electron chi connectivity index (χ2n) is 7.94. The lowest BCUT2D eigenvalue weighted by Gasteiger charge is -2.47. The van der Waals surface area contributed by atoms with Gasteiger partial charge in [0.2, 0.25) is 11.6 Å². The molecule has 10 nitrogen and oxygen atoms in total. The Morgan fingerprint density at radius 2 is 1.84 bits per heavy atom. The van der Waals surface area contributed by atoms with Gasteiger partial charge in [0.15, 0.2) is 0 Å². The summed E-state index contributed by atoms with van der Waals surface area (Å²) < 4.78 is 0. The smallest absolute Gasteiger partial charge is 0.276 e. The second kappa shape index (κ2) is 7.83. The number of nitrogens with zero attached hydrogens (tertiary/aromatic N) is 3. The van der Waals surface area contributed by atoms with E-state index in [4.69, 9.17) is 0 Å². The molecule has 10 heteroatoms. The van der Waals surface area contributed by atoms with Gasteiger partial charge >= 0.3 is 0 Å². The summed E-state index contributed by atoms with van der Waals surface area (Å²) in [6.45, 7) is 0. The summed E-state index contributed by atoms with van der Waals surface area (Å²) in [5.41, 5.74) is -0.671. The Balaban J connectivity index is 1.66. The van der Waals surface area contributed by atoms with Gasteiger partial charge in [-0.15, -0.1) is 0 Å². The number of carbonyl (C=O) groups excluding carboxylic acids is 2. The molecule has 1 aliphatic heterocycles. The van der Waals surface area contributed by atoms with E-state index >= 15 is 0 Å². The minimum absolute atomic E-state index is 0.0143. The van der Waals surface area contributed by atoms with Crippen molar-refractivity contribution in [2.45, 2.75) is 24.6 Å². The monoisotopic (exact) mass is 439 g/mol. The highest BCUT2D eigenvalue weighted by molar-refractivity contribution is 6.00. The van der Waals surface area contributed by atoms with Crippen molar-refractivity contribution in [3.8, 4) is 5.75 Å². The van der Waals surface area contributed by atoms with Gasteiger partial charge in [0, 0.05) is 44.0 Å². The van der Waals surface area contributed by atoms with Crippen molar-refractivity contribution in [2.24, 2.45) is 0 Å². The Morgan fingerprint density at radius 3 is 2.53 bits per heavy atom. The maximum absolute atomic E-state index is 13.2. The van der Waals surface area contributed by atoms with Crippen LogP contribution in [0.15, 0.2) is 48.7 Å². The molecule has 1 saturated heterocycles. The van der Waals surface area contributed by atoms with Gasteiger partial charge in [0.25, 0.3) is 5.91 Å². The Labute approximate surface area is 183 Å². The number of likely N-dealkylation sites (N-methyl/N-ethyl adjacent to an activating group) is 2. The van der Waals surface area contributed by atoms with E-state index in [1.165, 1.54) is 31.1 Å². The number of phenolic OH excluding ortho intramolecular Hbond substituents is 1. The van der Waals surface area contributed by atoms with Gasteiger partial charge in [-0.2, -0.15) is 0 Å². The van der Waals surface area contributed by atoms with Gasteiger partial charge in [0.05, 0.1) is 5.69 Å². The number of aliphatic hydroxyl groups is 1. The molecule has 1 aliphatic rings. The van der Waals surface area contributed by atoms with Crippen LogP contribution in [0.2, 0.25) is 0 Å². The average Bonchev–Trinajstić information content (AvgIpc) is 3.19. The van der Waals surface area contributed by atoms with Crippen molar-refractivity contribution in [2.75, 3.05) is 19.3 Å². The molecule has 3 aromatic rings. The zero-order valence-electron chi connectivity index (χ0n) is 17.5. The zero-order valence-corrected chi connectivity index (χ0v) is 17.5. The Hall–Kier alpha value is -3.60. The number of nitrogens with one attached hydrogen (secondary N) is 1. The standard InChI is InChI=1S/C22H23N4O6/c1-24-17(10-14-12-23-15-7-5-8-16(19(14)15)26(31)32)20(28)25(2)22(30,21(24)29)11-13-6-3-4-9-18(13)27/h3-9,12,17,23,27,30-31H,10-11H2,1-2H3/q-1/t17-,22+/m0/s1. The number of rotatable bonds is 5. The molecule has 2 heterocycles. The topological polar surface area (TPSA) is 143 Å². The summed E-state index contributed by atoms with van der Waals surface area (Å²) in [6.07, 6.45) is 1.40. The summed E-state index contributed by atoms with van der Waals surface area (Å²) in [6, 6.07) is 10.1. The van der Waals surface area contributed by atoms with Gasteiger partial charge in [-0.3, -0.25) is 14.8 Å². The maximum atomic E-state index is 13.2. The lowest BCUT2D eigenvalue weighted by molar-refractivity contribution is -0.194. The first kappa shape index (κ1) is 21.6. The van der Waals surface area contributed by atoms with Crippen molar-refractivity contribution in [3.05, 3.63) is 65.0 Å². The van der Waals surface area contributed by atoms with E-state index in [1.807, 2.05) is 0 Å². The molecule has 2 amide bonds. The van der Waals surface area contributed by atoms with Crippen LogP contribution in [0.3, 0.4) is 0 Å². The summed E-state index contributed by atoms with van der Waals surface area (Å²) in [5, 5.41) is 42.5. The first-order valence-corrected chi connectivity index (χ1v) is 9.94. The third-order valence-corrected chi connectivity index (χ3v) is 6.11. The predicted octanol–water partition coefficient (Wildman–Crippen LogP) is 1.34. The van der Waals surface area contributed by atoms with Crippen molar-refractivity contribution in [3.63, 3.8) is 0 Å². The predicted molar refractivity (Wildman–Crippen MR) is 116 cm³/mol. The molecule has 0 spiro atoms. The fourth-order valence-electron chi connectivity index (χ4n) is 4.25. The Bertz CT molecular complexity index is 1190. The summed E-state index contributed by atoms with van der Waals surface area (Å²) in [4.78, 5) is 31.6. The van der Waals surface area contributed by atoms with E-state index in [1.54, 1.807) is 36.5 Å². The summed E-state index contributed by atoms with van der Waals surface area (Å²) in [5.74, 6) is -1.28. The highest BCUT2D eigenvalue weighted by Crippen LogP contribution is 2.34. The first-order chi connectivity index (χ1) is 15.1. The molecular weight excluding hydrogens is 416 g/mol. The van der Waals surface area contributed by atoms with E-state index in [9.17, 15) is 30.2 Å². The minimum atomic E-state index is -2.16. The first-order valence-electron chi connectivity index (χ1n) is 9.94. The number of fused-ring (bicyclic) bond motifs is 1. The van der Waals surface area contributed by atoms with E-state index in [2.05, 4.69) is 4.98 Å². The second-order valence-corrected chi connectivity index (χ2v) is 7.94. The van der Waals surface area contributed by atoms with Crippen molar-refractivity contribution in [1.29, 1.82) is 0 Å². The number of H-pyrrole nitrogens is 1. The van der Waals surface area contributed by atoms with E-state index in [-0.39, 0.29) is 29.5 Å². The summed E-state index contributed by atoms with van der Waals surface area (Å²) >= 11 is 0. The quantitative estimate of drug-likeness (QED) is 0.439. The molecule has 32 heavy (non-hydrogen) atoms. The number of hydrogen-bond donors (Lipinski definition) is 4. The van der Waals surface area contributed by atoms with E-state index in [0.29, 0.717) is 22.0 Å². The third-order valence-electron chi connectivity index (χ3n) is 6.11. The van der Waals surface area contributed by atoms with Crippen LogP contribution in [0.25, 0.3) is 10.9 Å². The SMILES string of the molecule is CN1C(=O)[C@](O)(Cc2ccccc2O)N(C)C(=O)[C@@H]1Cc1c[nH]c2cccc(N([O-])O)c12. The van der Waals surface area contributed by atoms with Gasteiger partial charge in [-0.1, -0.05) is 24.3 Å². The number of benzene rings is 2. The maximum Gasteiger partial charge on any atom is 0.276 e. The highest BCUT2D eigenvalue weighted by atomic mass is 16.8. The van der Waals surface area contributed by atoms with Gasteiger partial charge in [-0.25, -0.2) is 0 Å². The molecule has 0 aliphatic carbocycles. The molecule has 4 rings (SSSR count). The van der Waals surface area contributed by atoms with Crippen LogP contribution in [0.4, 0.5) is 5.69 Å². The highest BCUT2D eigenvalue weighted by Gasteiger charge is 2.53. The molecule has 2 atom stereocenters. The van der Waals surface area contributed by atoms with E-state index in [0.717, 1.165) is 4.90 Å². The number of anilines is 1. The largest absolute Gasteiger partial charge is 0.733 e. The van der Waals surface area contributed by atoms with Crippen molar-refractivity contribution < 1.29 is 25.0 Å². The van der Waals surface area contributed by atoms with Crippen LogP contribution >= 0.6 is 0 Å². The zero-order chi connectivity index (χ0) is 23.2. The molecule has 1 fully saturated rings. The molecule has 0 unspecified atom stereocenters. The number of para-hydroxylation sites is 1. The lowest BCUT2D eigenvalue weighted by atomic mass is 9.92.